The highest BCUT2D eigenvalue weighted by Gasteiger charge is 2.26. The van der Waals surface area contributed by atoms with Gasteiger partial charge in [0.2, 0.25) is 0 Å². The molecule has 3 N–H and O–H groups in total. The van der Waals surface area contributed by atoms with E-state index in [-0.39, 0.29) is 11.7 Å². The lowest BCUT2D eigenvalue weighted by atomic mass is 10.1. The molecular weight excluding hydrogens is 168 g/mol. The number of phenols is 1. The van der Waals surface area contributed by atoms with Crippen molar-refractivity contribution in [1.29, 1.82) is 0 Å². The van der Waals surface area contributed by atoms with Crippen molar-refractivity contribution in [2.75, 3.05) is 18.8 Å². The average Bonchev–Trinajstić information content (AvgIpc) is 2.85. The van der Waals surface area contributed by atoms with E-state index in [9.17, 15) is 9.90 Å². The lowest BCUT2D eigenvalue weighted by Crippen LogP contribution is -2.10. The maximum Gasteiger partial charge on any atom is 0.257 e. The van der Waals surface area contributed by atoms with Gasteiger partial charge < -0.3 is 15.7 Å². The van der Waals surface area contributed by atoms with Crippen LogP contribution in [0.2, 0.25) is 0 Å². The van der Waals surface area contributed by atoms with Crippen molar-refractivity contribution < 1.29 is 9.90 Å². The minimum absolute atomic E-state index is 0.0445. The predicted molar refractivity (Wildman–Crippen MR) is 48.4 cm³/mol. The summed E-state index contributed by atoms with van der Waals surface area (Å²) in [5.41, 5.74) is 6.22. The van der Waals surface area contributed by atoms with Gasteiger partial charge in [-0.15, -0.1) is 0 Å². The Morgan fingerprint density at radius 2 is 2.15 bits per heavy atom. The molecule has 1 aliphatic rings. The van der Waals surface area contributed by atoms with Crippen LogP contribution >= 0.6 is 0 Å². The van der Waals surface area contributed by atoms with Crippen LogP contribution in [-0.2, 0) is 0 Å². The summed E-state index contributed by atoms with van der Waals surface area (Å²) >= 11 is 0. The Balaban J connectivity index is 2.33. The second kappa shape index (κ2) is 2.65. The molecule has 1 amide bonds. The number of nitrogen functional groups attached to an aromatic ring is 1. The minimum atomic E-state index is -0.127. The molecule has 4 heteroatoms. The number of aromatic hydroxyl groups is 1. The Labute approximate surface area is 75.6 Å². The summed E-state index contributed by atoms with van der Waals surface area (Å²) in [7, 11) is 0. The Kier molecular flexibility index (Phi) is 1.62. The zero-order valence-corrected chi connectivity index (χ0v) is 7.03. The van der Waals surface area contributed by atoms with E-state index < -0.39 is 0 Å². The molecule has 0 atom stereocenters. The van der Waals surface area contributed by atoms with Gasteiger partial charge in [0.15, 0.2) is 0 Å². The smallest absolute Gasteiger partial charge is 0.257 e. The molecule has 1 aliphatic heterocycles. The molecule has 0 aliphatic carbocycles. The standard InChI is InChI=1S/C9H10N2O2/c10-6-1-2-7(8(12)5-6)9(13)11-3-4-11/h1-2,5,12H,3-4,10H2. The summed E-state index contributed by atoms with van der Waals surface area (Å²) in [6.07, 6.45) is 0. The van der Waals surface area contributed by atoms with Gasteiger partial charge in [-0.05, 0) is 12.1 Å². The molecule has 0 spiro atoms. The van der Waals surface area contributed by atoms with Gasteiger partial charge in [-0.25, -0.2) is 0 Å². The second-order valence-electron chi connectivity index (χ2n) is 3.07. The molecule has 0 aromatic heterocycles. The van der Waals surface area contributed by atoms with Gasteiger partial charge in [-0.3, -0.25) is 4.79 Å². The average molecular weight is 178 g/mol. The molecule has 1 heterocycles. The first-order valence-corrected chi connectivity index (χ1v) is 4.06. The highest BCUT2D eigenvalue weighted by Crippen LogP contribution is 2.23. The van der Waals surface area contributed by atoms with Crippen LogP contribution in [0.1, 0.15) is 10.4 Å². The molecular formula is C9H10N2O2. The predicted octanol–water partition coefficient (Wildman–Crippen LogP) is 0.430. The largest absolute Gasteiger partial charge is 0.507 e. The Morgan fingerprint density at radius 1 is 1.46 bits per heavy atom. The molecule has 0 radical (unpaired) electrons. The van der Waals surface area contributed by atoms with Crippen molar-refractivity contribution in [2.45, 2.75) is 0 Å². The fourth-order valence-electron chi connectivity index (χ4n) is 1.15. The number of hydrogen-bond acceptors (Lipinski definition) is 3. The first-order valence-electron chi connectivity index (χ1n) is 4.06. The van der Waals surface area contributed by atoms with E-state index in [0.717, 1.165) is 13.1 Å². The van der Waals surface area contributed by atoms with Crippen molar-refractivity contribution in [3.63, 3.8) is 0 Å². The number of carbonyl (C=O) groups excluding carboxylic acids is 1. The second-order valence-corrected chi connectivity index (χ2v) is 3.07. The van der Waals surface area contributed by atoms with E-state index in [1.54, 1.807) is 17.0 Å². The van der Waals surface area contributed by atoms with Crippen molar-refractivity contribution in [3.05, 3.63) is 23.8 Å². The van der Waals surface area contributed by atoms with E-state index in [2.05, 4.69) is 0 Å². The molecule has 2 rings (SSSR count). The molecule has 68 valence electrons. The van der Waals surface area contributed by atoms with Crippen LogP contribution < -0.4 is 5.73 Å². The number of phenolic OH excluding ortho intramolecular Hbond substituents is 1. The van der Waals surface area contributed by atoms with Gasteiger partial charge in [0, 0.05) is 24.8 Å². The number of amides is 1. The van der Waals surface area contributed by atoms with Gasteiger partial charge in [0.05, 0.1) is 5.56 Å². The van der Waals surface area contributed by atoms with E-state index in [1.807, 2.05) is 0 Å². The number of nitrogens with zero attached hydrogens (tertiary/aromatic N) is 1. The normalized spacial score (nSPS) is 14.3. The van der Waals surface area contributed by atoms with E-state index >= 15 is 0 Å². The molecule has 0 unspecified atom stereocenters. The van der Waals surface area contributed by atoms with E-state index in [0.29, 0.717) is 11.3 Å². The van der Waals surface area contributed by atoms with Crippen molar-refractivity contribution in [1.82, 2.24) is 4.90 Å². The highest BCUT2D eigenvalue weighted by molar-refractivity contribution is 5.98. The molecule has 0 bridgehead atoms. The van der Waals surface area contributed by atoms with Gasteiger partial charge in [-0.2, -0.15) is 0 Å². The van der Waals surface area contributed by atoms with Gasteiger partial charge in [0.25, 0.3) is 5.91 Å². The third kappa shape index (κ3) is 1.42. The Bertz CT molecular complexity index is 359. The first kappa shape index (κ1) is 7.91. The van der Waals surface area contributed by atoms with E-state index in [1.165, 1.54) is 6.07 Å². The Morgan fingerprint density at radius 3 is 2.69 bits per heavy atom. The zero-order valence-electron chi connectivity index (χ0n) is 7.03. The number of rotatable bonds is 1. The molecule has 1 aromatic carbocycles. The van der Waals surface area contributed by atoms with Crippen molar-refractivity contribution in [3.8, 4) is 5.75 Å². The summed E-state index contributed by atoms with van der Waals surface area (Å²) in [5.74, 6) is -0.172. The van der Waals surface area contributed by atoms with Crippen LogP contribution in [-0.4, -0.2) is 29.0 Å². The fraction of sp³-hybridized carbons (Fsp3) is 0.222. The topological polar surface area (TPSA) is 66.3 Å². The quantitative estimate of drug-likeness (QED) is 0.484. The zero-order chi connectivity index (χ0) is 9.42. The third-order valence-electron chi connectivity index (χ3n) is 1.99. The summed E-state index contributed by atoms with van der Waals surface area (Å²) in [4.78, 5) is 13.1. The van der Waals surface area contributed by atoms with Gasteiger partial charge >= 0.3 is 0 Å². The number of anilines is 1. The summed E-state index contributed by atoms with van der Waals surface area (Å²) in [6, 6.07) is 4.54. The van der Waals surface area contributed by atoms with Gasteiger partial charge in [0.1, 0.15) is 5.75 Å². The Hall–Kier alpha value is -1.71. The first-order chi connectivity index (χ1) is 6.18. The number of hydrogen-bond donors (Lipinski definition) is 2. The van der Waals surface area contributed by atoms with Crippen molar-refractivity contribution in [2.24, 2.45) is 0 Å². The van der Waals surface area contributed by atoms with Crippen LogP contribution in [0.4, 0.5) is 5.69 Å². The molecule has 0 saturated carbocycles. The number of carbonyl (C=O) groups is 1. The minimum Gasteiger partial charge on any atom is -0.507 e. The molecule has 1 fully saturated rings. The maximum atomic E-state index is 11.5. The molecule has 1 aromatic rings. The maximum absolute atomic E-state index is 11.5. The number of benzene rings is 1. The molecule has 1 saturated heterocycles. The van der Waals surface area contributed by atoms with Crippen LogP contribution in [0.3, 0.4) is 0 Å². The monoisotopic (exact) mass is 178 g/mol. The van der Waals surface area contributed by atoms with Crippen LogP contribution in [0.15, 0.2) is 18.2 Å². The van der Waals surface area contributed by atoms with Crippen molar-refractivity contribution >= 4 is 11.6 Å². The fourth-order valence-corrected chi connectivity index (χ4v) is 1.15. The number of nitrogens with two attached hydrogens (primary N) is 1. The lowest BCUT2D eigenvalue weighted by Gasteiger charge is -2.04. The van der Waals surface area contributed by atoms with Crippen LogP contribution in [0, 0.1) is 0 Å². The highest BCUT2D eigenvalue weighted by atomic mass is 16.3. The third-order valence-corrected chi connectivity index (χ3v) is 1.99. The van der Waals surface area contributed by atoms with Crippen LogP contribution in [0.5, 0.6) is 5.75 Å². The summed E-state index contributed by atoms with van der Waals surface area (Å²) < 4.78 is 0. The summed E-state index contributed by atoms with van der Waals surface area (Å²) in [6.45, 7) is 1.56. The van der Waals surface area contributed by atoms with Gasteiger partial charge in [-0.1, -0.05) is 0 Å². The van der Waals surface area contributed by atoms with E-state index in [4.69, 9.17) is 5.73 Å². The van der Waals surface area contributed by atoms with Crippen LogP contribution in [0.25, 0.3) is 0 Å². The molecule has 4 nitrogen and oxygen atoms in total. The SMILES string of the molecule is Nc1ccc(C(=O)N2CC2)c(O)c1. The molecule has 13 heavy (non-hydrogen) atoms. The lowest BCUT2D eigenvalue weighted by molar-refractivity contribution is 0.0883. The summed E-state index contributed by atoms with van der Waals surface area (Å²) in [5, 5.41) is 9.41.